The summed E-state index contributed by atoms with van der Waals surface area (Å²) in [4.78, 5) is 30.0. The highest BCUT2D eigenvalue weighted by atomic mass is 16.2. The van der Waals surface area contributed by atoms with E-state index in [0.29, 0.717) is 6.54 Å². The lowest BCUT2D eigenvalue weighted by Gasteiger charge is -2.33. The lowest BCUT2D eigenvalue weighted by atomic mass is 9.96. The fourth-order valence-electron chi connectivity index (χ4n) is 3.23. The predicted molar refractivity (Wildman–Crippen MR) is 97.9 cm³/mol. The molecular weight excluding hydrogens is 304 g/mol. The van der Waals surface area contributed by atoms with Crippen molar-refractivity contribution in [2.45, 2.75) is 45.6 Å². The molecule has 0 bridgehead atoms. The van der Waals surface area contributed by atoms with Crippen molar-refractivity contribution in [3.63, 3.8) is 0 Å². The second kappa shape index (κ2) is 10.7. The lowest BCUT2D eigenvalue weighted by Crippen LogP contribution is -2.49. The number of hydrogen-bond acceptors (Lipinski definition) is 4. The van der Waals surface area contributed by atoms with Gasteiger partial charge in [-0.3, -0.25) is 14.5 Å². The van der Waals surface area contributed by atoms with Gasteiger partial charge in [-0.15, -0.1) is 0 Å². The fraction of sp³-hybridized carbons (Fsp3) is 0.889. The molecule has 1 aliphatic rings. The topological polar surface area (TPSA) is 55.9 Å². The van der Waals surface area contributed by atoms with E-state index in [4.69, 9.17) is 0 Å². The van der Waals surface area contributed by atoms with Crippen molar-refractivity contribution in [2.75, 3.05) is 53.9 Å². The number of hydrogen-bond donors (Lipinski definition) is 1. The quantitative estimate of drug-likeness (QED) is 0.681. The Hall–Kier alpha value is -1.14. The van der Waals surface area contributed by atoms with E-state index >= 15 is 0 Å². The summed E-state index contributed by atoms with van der Waals surface area (Å²) in [6, 6.07) is -0.461. The number of likely N-dealkylation sites (N-methyl/N-ethyl adjacent to an activating group) is 1. The third kappa shape index (κ3) is 7.62. The normalized spacial score (nSPS) is 17.8. The van der Waals surface area contributed by atoms with E-state index < -0.39 is 6.04 Å². The minimum absolute atomic E-state index is 0.0591. The molecule has 0 saturated carbocycles. The van der Waals surface area contributed by atoms with Crippen LogP contribution in [0.1, 0.15) is 39.5 Å². The molecule has 1 heterocycles. The number of likely N-dealkylation sites (tertiary alicyclic amines) is 1. The largest absolute Gasteiger partial charge is 0.347 e. The van der Waals surface area contributed by atoms with Gasteiger partial charge in [-0.1, -0.05) is 13.3 Å². The van der Waals surface area contributed by atoms with Crippen LogP contribution in [0.4, 0.5) is 0 Å². The van der Waals surface area contributed by atoms with E-state index in [1.165, 1.54) is 24.3 Å². The van der Waals surface area contributed by atoms with Crippen LogP contribution in [0, 0.1) is 5.92 Å². The summed E-state index contributed by atoms with van der Waals surface area (Å²) in [5.74, 6) is 0.605. The van der Waals surface area contributed by atoms with Crippen LogP contribution in [0.5, 0.6) is 0 Å². The van der Waals surface area contributed by atoms with E-state index in [0.717, 1.165) is 38.4 Å². The standard InChI is InChI=1S/C18H36N4O2/c1-6-7-10-21(5)13-16-8-11-22(12-9-16)14-17(23)19-15(2)18(24)20(3)4/h15-16H,6-14H2,1-5H3,(H,19,23). The lowest BCUT2D eigenvalue weighted by molar-refractivity contribution is -0.134. The first kappa shape index (κ1) is 20.9. The molecule has 0 aliphatic carbocycles. The van der Waals surface area contributed by atoms with E-state index in [2.05, 4.69) is 29.1 Å². The van der Waals surface area contributed by atoms with Crippen LogP contribution in [-0.2, 0) is 9.59 Å². The molecule has 140 valence electrons. The van der Waals surface area contributed by atoms with Gasteiger partial charge in [-0.25, -0.2) is 0 Å². The molecule has 0 spiro atoms. The highest BCUT2D eigenvalue weighted by Gasteiger charge is 2.23. The molecule has 6 nitrogen and oxygen atoms in total. The Bertz CT molecular complexity index is 392. The highest BCUT2D eigenvalue weighted by Crippen LogP contribution is 2.18. The van der Waals surface area contributed by atoms with Crippen LogP contribution in [0.25, 0.3) is 0 Å². The number of carbonyl (C=O) groups excluding carboxylic acids is 2. The van der Waals surface area contributed by atoms with Gasteiger partial charge in [0.15, 0.2) is 0 Å². The smallest absolute Gasteiger partial charge is 0.244 e. The van der Waals surface area contributed by atoms with Gasteiger partial charge in [0.05, 0.1) is 6.54 Å². The van der Waals surface area contributed by atoms with Crippen molar-refractivity contribution in [2.24, 2.45) is 5.92 Å². The van der Waals surface area contributed by atoms with Gasteiger partial charge in [0.25, 0.3) is 0 Å². The third-order valence-electron chi connectivity index (χ3n) is 4.73. The zero-order valence-electron chi connectivity index (χ0n) is 16.2. The van der Waals surface area contributed by atoms with Crippen LogP contribution in [0.15, 0.2) is 0 Å². The Morgan fingerprint density at radius 2 is 1.83 bits per heavy atom. The fourth-order valence-corrected chi connectivity index (χ4v) is 3.23. The molecule has 2 amide bonds. The third-order valence-corrected chi connectivity index (χ3v) is 4.73. The van der Waals surface area contributed by atoms with E-state index in [1.54, 1.807) is 21.0 Å². The highest BCUT2D eigenvalue weighted by molar-refractivity contribution is 5.87. The van der Waals surface area contributed by atoms with Gasteiger partial charge in [0.2, 0.25) is 11.8 Å². The van der Waals surface area contributed by atoms with Crippen molar-refractivity contribution in [3.8, 4) is 0 Å². The summed E-state index contributed by atoms with van der Waals surface area (Å²) in [5, 5.41) is 2.79. The van der Waals surface area contributed by atoms with E-state index in [9.17, 15) is 9.59 Å². The zero-order chi connectivity index (χ0) is 18.1. The summed E-state index contributed by atoms with van der Waals surface area (Å²) < 4.78 is 0. The number of carbonyl (C=O) groups is 2. The summed E-state index contributed by atoms with van der Waals surface area (Å²) in [7, 11) is 5.61. The predicted octanol–water partition coefficient (Wildman–Crippen LogP) is 1.02. The molecule has 1 aliphatic heterocycles. The first-order valence-corrected chi connectivity index (χ1v) is 9.24. The maximum atomic E-state index is 12.1. The number of nitrogens with zero attached hydrogens (tertiary/aromatic N) is 3. The van der Waals surface area contributed by atoms with Crippen molar-refractivity contribution >= 4 is 11.8 Å². The average Bonchev–Trinajstić information content (AvgIpc) is 2.53. The molecule has 0 radical (unpaired) electrons. The van der Waals surface area contributed by atoms with Crippen LogP contribution < -0.4 is 5.32 Å². The molecule has 24 heavy (non-hydrogen) atoms. The van der Waals surface area contributed by atoms with Crippen molar-refractivity contribution in [1.82, 2.24) is 20.0 Å². The average molecular weight is 341 g/mol. The Morgan fingerprint density at radius 1 is 1.21 bits per heavy atom. The summed E-state index contributed by atoms with van der Waals surface area (Å²) in [6.45, 7) is 8.63. The number of unbranched alkanes of at least 4 members (excludes halogenated alkanes) is 1. The second-order valence-corrected chi connectivity index (χ2v) is 7.36. The van der Waals surface area contributed by atoms with Crippen molar-refractivity contribution < 1.29 is 9.59 Å². The summed E-state index contributed by atoms with van der Waals surface area (Å²) >= 11 is 0. The summed E-state index contributed by atoms with van der Waals surface area (Å²) in [5.41, 5.74) is 0. The van der Waals surface area contributed by atoms with Crippen molar-refractivity contribution in [3.05, 3.63) is 0 Å². The Balaban J connectivity index is 2.25. The molecule has 0 aromatic carbocycles. The van der Waals surface area contributed by atoms with Gasteiger partial charge in [-0.2, -0.15) is 0 Å². The Morgan fingerprint density at radius 3 is 2.38 bits per heavy atom. The molecular formula is C18H36N4O2. The van der Waals surface area contributed by atoms with Crippen LogP contribution >= 0.6 is 0 Å². The zero-order valence-corrected chi connectivity index (χ0v) is 16.2. The van der Waals surface area contributed by atoms with Crippen LogP contribution in [0.3, 0.4) is 0 Å². The number of nitrogens with one attached hydrogen (secondary N) is 1. The molecule has 1 fully saturated rings. The molecule has 0 aromatic rings. The maximum absolute atomic E-state index is 12.1. The van der Waals surface area contributed by atoms with Gasteiger partial charge in [0.1, 0.15) is 6.04 Å². The molecule has 1 unspecified atom stereocenters. The minimum Gasteiger partial charge on any atom is -0.347 e. The van der Waals surface area contributed by atoms with Gasteiger partial charge in [0, 0.05) is 20.6 Å². The van der Waals surface area contributed by atoms with Gasteiger partial charge >= 0.3 is 0 Å². The molecule has 0 aromatic heterocycles. The Kier molecular flexibility index (Phi) is 9.29. The van der Waals surface area contributed by atoms with E-state index in [1.807, 2.05) is 0 Å². The number of amides is 2. The first-order valence-electron chi connectivity index (χ1n) is 9.24. The van der Waals surface area contributed by atoms with Gasteiger partial charge in [-0.05, 0) is 58.8 Å². The number of piperidine rings is 1. The first-order chi connectivity index (χ1) is 11.3. The van der Waals surface area contributed by atoms with Crippen LogP contribution in [-0.4, -0.2) is 86.4 Å². The van der Waals surface area contributed by atoms with Crippen LogP contribution in [0.2, 0.25) is 0 Å². The molecule has 6 heteroatoms. The molecule has 1 saturated heterocycles. The molecule has 1 N–H and O–H groups in total. The van der Waals surface area contributed by atoms with E-state index in [-0.39, 0.29) is 11.8 Å². The monoisotopic (exact) mass is 340 g/mol. The molecule has 1 rings (SSSR count). The van der Waals surface area contributed by atoms with Gasteiger partial charge < -0.3 is 15.1 Å². The Labute approximate surface area is 147 Å². The number of rotatable bonds is 9. The SMILES string of the molecule is CCCCN(C)CC1CCN(CC(=O)NC(C)C(=O)N(C)C)CC1. The minimum atomic E-state index is -0.461. The maximum Gasteiger partial charge on any atom is 0.244 e. The van der Waals surface area contributed by atoms with Crippen molar-refractivity contribution in [1.29, 1.82) is 0 Å². The molecule has 1 atom stereocenters. The second-order valence-electron chi connectivity index (χ2n) is 7.36. The summed E-state index contributed by atoms with van der Waals surface area (Å²) in [6.07, 6.45) is 4.80.